The predicted octanol–water partition coefficient (Wildman–Crippen LogP) is 8.50. The van der Waals surface area contributed by atoms with E-state index in [0.29, 0.717) is 5.92 Å². The molecule has 2 aromatic rings. The van der Waals surface area contributed by atoms with Crippen molar-refractivity contribution in [3.8, 4) is 0 Å². The zero-order valence-corrected chi connectivity index (χ0v) is 19.8. The lowest BCUT2D eigenvalue weighted by atomic mass is 9.89. The minimum Gasteiger partial charge on any atom is -0.382 e. The number of rotatable bonds is 5. The van der Waals surface area contributed by atoms with Gasteiger partial charge in [-0.1, -0.05) is 96.3 Å². The fourth-order valence-corrected chi connectivity index (χ4v) is 5.97. The van der Waals surface area contributed by atoms with Crippen LogP contribution >= 0.6 is 0 Å². The van der Waals surface area contributed by atoms with Crippen molar-refractivity contribution in [2.45, 2.75) is 121 Å². The first-order valence-corrected chi connectivity index (χ1v) is 13.6. The topological polar surface area (TPSA) is 29.3 Å². The lowest BCUT2D eigenvalue weighted by Crippen LogP contribution is -2.12. The molecule has 2 fully saturated rings. The summed E-state index contributed by atoms with van der Waals surface area (Å²) >= 11 is 0. The first kappa shape index (κ1) is 22.7. The largest absolute Gasteiger partial charge is 0.382 e. The Bertz CT molecular complexity index is 745. The second-order valence-corrected chi connectivity index (χ2v) is 10.4. The van der Waals surface area contributed by atoms with Crippen molar-refractivity contribution < 1.29 is 0 Å². The van der Waals surface area contributed by atoms with Gasteiger partial charge < -0.3 is 9.72 Å². The van der Waals surface area contributed by atoms with Gasteiger partial charge in [-0.05, 0) is 42.7 Å². The smallest absolute Gasteiger partial charge is 0.160 e. The van der Waals surface area contributed by atoms with Crippen molar-refractivity contribution in [1.29, 1.82) is 0 Å². The van der Waals surface area contributed by atoms with Crippen LogP contribution < -0.4 is 5.32 Å². The lowest BCUT2D eigenvalue weighted by molar-refractivity contribution is 0.375. The summed E-state index contributed by atoms with van der Waals surface area (Å²) in [5.74, 6) is 1.61. The van der Waals surface area contributed by atoms with E-state index in [1.54, 1.807) is 0 Å². The fraction of sp³-hybridized carbons (Fsp3) is 0.750. The Morgan fingerprint density at radius 1 is 0.774 bits per heavy atom. The van der Waals surface area contributed by atoms with Gasteiger partial charge in [0.05, 0.1) is 5.69 Å². The maximum atomic E-state index is 4.67. The highest BCUT2D eigenvalue weighted by Crippen LogP contribution is 2.33. The molecule has 0 unspecified atom stereocenters. The highest BCUT2D eigenvalue weighted by molar-refractivity contribution is 5.68. The molecule has 0 amide bonds. The number of aromatic nitrogens is 2. The van der Waals surface area contributed by atoms with Crippen LogP contribution in [0.5, 0.6) is 0 Å². The minimum absolute atomic E-state index is 0.712. The number of anilines is 1. The fourth-order valence-electron chi connectivity index (χ4n) is 5.97. The van der Waals surface area contributed by atoms with Crippen LogP contribution in [0.25, 0.3) is 5.65 Å². The van der Waals surface area contributed by atoms with E-state index < -0.39 is 0 Å². The SMILES string of the molecule is c1cn2cc(C3CCCCCCCC3)cc(NCCC3CCCCCCCCC3)c2n1. The van der Waals surface area contributed by atoms with Crippen LogP contribution in [0.3, 0.4) is 0 Å². The average molecular weight is 424 g/mol. The van der Waals surface area contributed by atoms with Crippen LogP contribution in [-0.4, -0.2) is 15.9 Å². The number of pyridine rings is 1. The highest BCUT2D eigenvalue weighted by atomic mass is 15.0. The predicted molar refractivity (Wildman–Crippen MR) is 133 cm³/mol. The van der Waals surface area contributed by atoms with Crippen molar-refractivity contribution in [2.24, 2.45) is 5.92 Å². The number of nitrogens with one attached hydrogen (secondary N) is 1. The molecular weight excluding hydrogens is 378 g/mol. The average Bonchev–Trinajstić information content (AvgIpc) is 3.31. The first-order valence-electron chi connectivity index (χ1n) is 13.6. The van der Waals surface area contributed by atoms with Crippen LogP contribution in [0, 0.1) is 5.92 Å². The molecule has 172 valence electrons. The van der Waals surface area contributed by atoms with E-state index in [0.717, 1.165) is 18.1 Å². The molecule has 2 aromatic heterocycles. The summed E-state index contributed by atoms with van der Waals surface area (Å²) in [4.78, 5) is 4.67. The van der Waals surface area contributed by atoms with E-state index in [4.69, 9.17) is 0 Å². The molecule has 4 rings (SSSR count). The minimum atomic E-state index is 0.712. The second kappa shape index (κ2) is 12.5. The van der Waals surface area contributed by atoms with Gasteiger partial charge in [0.15, 0.2) is 5.65 Å². The molecule has 1 N–H and O–H groups in total. The van der Waals surface area contributed by atoms with E-state index in [-0.39, 0.29) is 0 Å². The summed E-state index contributed by atoms with van der Waals surface area (Å²) in [7, 11) is 0. The zero-order chi connectivity index (χ0) is 21.1. The van der Waals surface area contributed by atoms with Crippen molar-refractivity contribution in [2.75, 3.05) is 11.9 Å². The normalized spacial score (nSPS) is 21.3. The molecule has 2 saturated carbocycles. The Labute approximate surface area is 190 Å². The van der Waals surface area contributed by atoms with Crippen molar-refractivity contribution in [3.63, 3.8) is 0 Å². The standard InChI is InChI=1S/C28H45N3/c1-2-6-10-14-24(15-11-7-3-1)18-19-29-27-22-26(23-31-21-20-30-28(27)31)25-16-12-8-4-5-9-13-17-25/h20-25,29H,1-19H2. The molecule has 2 heterocycles. The maximum absolute atomic E-state index is 4.67. The third-order valence-corrected chi connectivity index (χ3v) is 7.93. The number of hydrogen-bond acceptors (Lipinski definition) is 2. The number of imidazole rings is 1. The number of hydrogen-bond donors (Lipinski definition) is 1. The molecular formula is C28H45N3. The van der Waals surface area contributed by atoms with Gasteiger partial charge in [0.1, 0.15) is 0 Å². The van der Waals surface area contributed by atoms with Gasteiger partial charge in [-0.2, -0.15) is 0 Å². The molecule has 0 aliphatic heterocycles. The van der Waals surface area contributed by atoms with Crippen LogP contribution in [-0.2, 0) is 0 Å². The maximum Gasteiger partial charge on any atom is 0.160 e. The second-order valence-electron chi connectivity index (χ2n) is 10.4. The van der Waals surface area contributed by atoms with Gasteiger partial charge in [-0.15, -0.1) is 0 Å². The Kier molecular flexibility index (Phi) is 9.15. The summed E-state index contributed by atoms with van der Waals surface area (Å²) in [6.07, 6.45) is 31.9. The number of nitrogens with zero attached hydrogens (tertiary/aromatic N) is 2. The molecule has 31 heavy (non-hydrogen) atoms. The van der Waals surface area contributed by atoms with Crippen LogP contribution in [0.4, 0.5) is 5.69 Å². The molecule has 0 bridgehead atoms. The van der Waals surface area contributed by atoms with Crippen LogP contribution in [0.15, 0.2) is 24.7 Å². The monoisotopic (exact) mass is 423 g/mol. The van der Waals surface area contributed by atoms with E-state index in [9.17, 15) is 0 Å². The summed E-state index contributed by atoms with van der Waals surface area (Å²) < 4.78 is 2.26. The van der Waals surface area contributed by atoms with Crippen LogP contribution in [0.2, 0.25) is 0 Å². The Morgan fingerprint density at radius 2 is 1.35 bits per heavy atom. The van der Waals surface area contributed by atoms with E-state index >= 15 is 0 Å². The third kappa shape index (κ3) is 6.99. The van der Waals surface area contributed by atoms with E-state index in [2.05, 4.69) is 33.2 Å². The van der Waals surface area contributed by atoms with Gasteiger partial charge >= 0.3 is 0 Å². The molecule has 2 aliphatic rings. The Balaban J connectivity index is 1.39. The van der Waals surface area contributed by atoms with E-state index in [1.165, 1.54) is 127 Å². The molecule has 0 spiro atoms. The quantitative estimate of drug-likeness (QED) is 0.522. The van der Waals surface area contributed by atoms with Crippen LogP contribution in [0.1, 0.15) is 127 Å². The van der Waals surface area contributed by atoms with E-state index in [1.807, 2.05) is 6.20 Å². The zero-order valence-electron chi connectivity index (χ0n) is 19.8. The summed E-state index contributed by atoms with van der Waals surface area (Å²) in [5, 5.41) is 3.82. The lowest BCUT2D eigenvalue weighted by Gasteiger charge is -2.21. The summed E-state index contributed by atoms with van der Waals surface area (Å²) in [6.45, 7) is 1.08. The molecule has 0 radical (unpaired) electrons. The molecule has 0 aromatic carbocycles. The third-order valence-electron chi connectivity index (χ3n) is 7.93. The molecule has 0 atom stereocenters. The van der Waals surface area contributed by atoms with Gasteiger partial charge in [-0.25, -0.2) is 4.98 Å². The Hall–Kier alpha value is -1.51. The molecule has 3 heteroatoms. The van der Waals surface area contributed by atoms with Gasteiger partial charge in [0.2, 0.25) is 0 Å². The summed E-state index contributed by atoms with van der Waals surface area (Å²) in [5.41, 5.74) is 3.87. The molecule has 0 saturated heterocycles. The highest BCUT2D eigenvalue weighted by Gasteiger charge is 2.16. The van der Waals surface area contributed by atoms with Gasteiger partial charge in [0.25, 0.3) is 0 Å². The van der Waals surface area contributed by atoms with Crippen molar-refractivity contribution in [1.82, 2.24) is 9.38 Å². The van der Waals surface area contributed by atoms with Gasteiger partial charge in [-0.3, -0.25) is 0 Å². The van der Waals surface area contributed by atoms with Crippen molar-refractivity contribution in [3.05, 3.63) is 30.2 Å². The Morgan fingerprint density at radius 3 is 2.00 bits per heavy atom. The number of fused-ring (bicyclic) bond motifs is 1. The first-order chi connectivity index (χ1) is 15.4. The summed E-state index contributed by atoms with van der Waals surface area (Å²) in [6, 6.07) is 2.44. The van der Waals surface area contributed by atoms with Gasteiger partial charge in [0, 0.05) is 25.1 Å². The molecule has 3 nitrogen and oxygen atoms in total. The molecule has 2 aliphatic carbocycles. The van der Waals surface area contributed by atoms with Crippen molar-refractivity contribution >= 4 is 11.3 Å².